The molecule has 2 aromatic carbocycles. The van der Waals surface area contributed by atoms with Gasteiger partial charge in [0.05, 0.1) is 30.3 Å². The summed E-state index contributed by atoms with van der Waals surface area (Å²) < 4.78 is 34.9. The van der Waals surface area contributed by atoms with Gasteiger partial charge in [-0.25, -0.2) is 4.83 Å². The van der Waals surface area contributed by atoms with Crippen molar-refractivity contribution in [1.29, 1.82) is 0 Å². The Labute approximate surface area is 150 Å². The largest absolute Gasteiger partial charge is 0.493 e. The summed E-state index contributed by atoms with van der Waals surface area (Å²) in [6, 6.07) is 8.66. The summed E-state index contributed by atoms with van der Waals surface area (Å²) in [5.74, 6) is 0.859. The smallest absolute Gasteiger partial charge is 0.276 e. The third-order valence-electron chi connectivity index (χ3n) is 3.50. The van der Waals surface area contributed by atoms with E-state index in [-0.39, 0.29) is 10.6 Å². The number of aryl methyl sites for hydroxylation is 1. The van der Waals surface area contributed by atoms with Crippen molar-refractivity contribution in [2.75, 3.05) is 14.2 Å². The molecule has 0 fully saturated rings. The molecule has 0 aromatic heterocycles. The molecule has 138 valence electrons. The Morgan fingerprint density at radius 3 is 2.54 bits per heavy atom. The minimum Gasteiger partial charge on any atom is -0.493 e. The fourth-order valence-electron chi connectivity index (χ4n) is 2.18. The minimum absolute atomic E-state index is 0.260. The maximum absolute atomic E-state index is 12.3. The average molecular weight is 379 g/mol. The topological polar surface area (TPSA) is 120 Å². The van der Waals surface area contributed by atoms with Gasteiger partial charge >= 0.3 is 0 Å². The summed E-state index contributed by atoms with van der Waals surface area (Å²) in [5, 5.41) is 14.7. The van der Waals surface area contributed by atoms with Crippen LogP contribution in [0.25, 0.3) is 0 Å². The second kappa shape index (κ2) is 7.83. The van der Waals surface area contributed by atoms with Gasteiger partial charge in [-0.05, 0) is 25.1 Å². The van der Waals surface area contributed by atoms with Crippen LogP contribution in [-0.4, -0.2) is 33.8 Å². The van der Waals surface area contributed by atoms with Gasteiger partial charge in [-0.1, -0.05) is 12.1 Å². The quantitative estimate of drug-likeness (QED) is 0.447. The van der Waals surface area contributed by atoms with E-state index in [2.05, 4.69) is 5.10 Å². The number of nitro groups is 1. The van der Waals surface area contributed by atoms with Crippen molar-refractivity contribution in [2.24, 2.45) is 5.10 Å². The first-order valence-corrected chi connectivity index (χ1v) is 8.79. The van der Waals surface area contributed by atoms with E-state index in [1.165, 1.54) is 39.5 Å². The lowest BCUT2D eigenvalue weighted by Crippen LogP contribution is -2.18. The van der Waals surface area contributed by atoms with Gasteiger partial charge in [0.2, 0.25) is 0 Å². The SMILES string of the molecule is COc1cccc(/C=N\NS(=O)(=O)c2ccc(C)c([N+](=O)[O-])c2)c1OC. The highest BCUT2D eigenvalue weighted by atomic mass is 32.2. The molecule has 0 heterocycles. The first-order valence-electron chi connectivity index (χ1n) is 7.31. The van der Waals surface area contributed by atoms with Gasteiger partial charge in [-0.2, -0.15) is 13.5 Å². The monoisotopic (exact) mass is 379 g/mol. The number of methoxy groups -OCH3 is 2. The summed E-state index contributed by atoms with van der Waals surface area (Å²) in [6.07, 6.45) is 1.25. The van der Waals surface area contributed by atoms with Gasteiger partial charge in [0.25, 0.3) is 15.7 Å². The van der Waals surface area contributed by atoms with Crippen LogP contribution in [0.5, 0.6) is 11.5 Å². The van der Waals surface area contributed by atoms with Gasteiger partial charge in [-0.3, -0.25) is 10.1 Å². The Balaban J connectivity index is 2.28. The Bertz CT molecular complexity index is 956. The molecule has 0 aliphatic rings. The number of hydrogen-bond donors (Lipinski definition) is 1. The Kier molecular flexibility index (Phi) is 5.78. The van der Waals surface area contributed by atoms with Crippen LogP contribution in [0.2, 0.25) is 0 Å². The molecule has 0 atom stereocenters. The van der Waals surface area contributed by atoms with Crippen LogP contribution in [0.4, 0.5) is 5.69 Å². The molecule has 0 amide bonds. The van der Waals surface area contributed by atoms with E-state index in [1.54, 1.807) is 18.2 Å². The molecule has 0 saturated heterocycles. The Morgan fingerprint density at radius 2 is 1.92 bits per heavy atom. The third kappa shape index (κ3) is 4.09. The Hall–Kier alpha value is -3.14. The van der Waals surface area contributed by atoms with Crippen LogP contribution in [0.3, 0.4) is 0 Å². The fourth-order valence-corrected chi connectivity index (χ4v) is 3.00. The van der Waals surface area contributed by atoms with E-state index >= 15 is 0 Å². The summed E-state index contributed by atoms with van der Waals surface area (Å²) in [7, 11) is -1.14. The second-order valence-electron chi connectivity index (χ2n) is 5.14. The summed E-state index contributed by atoms with van der Waals surface area (Å²) in [6.45, 7) is 1.52. The predicted octanol–water partition coefficient (Wildman–Crippen LogP) is 2.23. The van der Waals surface area contributed by atoms with Crippen LogP contribution >= 0.6 is 0 Å². The molecule has 2 rings (SSSR count). The number of rotatable bonds is 7. The van der Waals surface area contributed by atoms with Crippen molar-refractivity contribution in [1.82, 2.24) is 4.83 Å². The molecule has 0 spiro atoms. The first-order chi connectivity index (χ1) is 12.3. The van der Waals surface area contributed by atoms with Gasteiger partial charge in [0.1, 0.15) is 0 Å². The predicted molar refractivity (Wildman–Crippen MR) is 95.3 cm³/mol. The van der Waals surface area contributed by atoms with Crippen LogP contribution in [0.15, 0.2) is 46.4 Å². The molecule has 0 bridgehead atoms. The van der Waals surface area contributed by atoms with Crippen LogP contribution in [-0.2, 0) is 10.0 Å². The minimum atomic E-state index is -4.06. The first kappa shape index (κ1) is 19.2. The average Bonchev–Trinajstić information content (AvgIpc) is 2.61. The normalized spacial score (nSPS) is 11.3. The summed E-state index contributed by atoms with van der Waals surface area (Å²) in [4.78, 5) is 12.1. The number of hydrogen-bond acceptors (Lipinski definition) is 7. The van der Waals surface area contributed by atoms with Crippen LogP contribution in [0, 0.1) is 17.0 Å². The van der Waals surface area contributed by atoms with Crippen molar-refractivity contribution < 1.29 is 22.8 Å². The van der Waals surface area contributed by atoms with Gasteiger partial charge in [-0.15, -0.1) is 0 Å². The van der Waals surface area contributed by atoms with E-state index in [1.807, 2.05) is 4.83 Å². The fraction of sp³-hybridized carbons (Fsp3) is 0.188. The van der Waals surface area contributed by atoms with Crippen molar-refractivity contribution in [3.63, 3.8) is 0 Å². The highest BCUT2D eigenvalue weighted by molar-refractivity contribution is 7.89. The zero-order valence-electron chi connectivity index (χ0n) is 14.3. The molecule has 1 N–H and O–H groups in total. The lowest BCUT2D eigenvalue weighted by Gasteiger charge is -2.09. The van der Waals surface area contributed by atoms with Crippen molar-refractivity contribution >= 4 is 21.9 Å². The molecule has 2 aromatic rings. The van der Waals surface area contributed by atoms with Gasteiger partial charge < -0.3 is 9.47 Å². The number of nitrogens with one attached hydrogen (secondary N) is 1. The zero-order valence-corrected chi connectivity index (χ0v) is 15.1. The van der Waals surface area contributed by atoms with E-state index in [0.717, 1.165) is 6.07 Å². The number of ether oxygens (including phenoxy) is 2. The van der Waals surface area contributed by atoms with E-state index in [4.69, 9.17) is 9.47 Å². The lowest BCUT2D eigenvalue weighted by atomic mass is 10.2. The lowest BCUT2D eigenvalue weighted by molar-refractivity contribution is -0.385. The number of sulfonamides is 1. The maximum atomic E-state index is 12.3. The molecule has 9 nitrogen and oxygen atoms in total. The number of nitrogens with zero attached hydrogens (tertiary/aromatic N) is 2. The van der Waals surface area contributed by atoms with Crippen LogP contribution in [0.1, 0.15) is 11.1 Å². The highest BCUT2D eigenvalue weighted by Gasteiger charge is 2.19. The van der Waals surface area contributed by atoms with Crippen LogP contribution < -0.4 is 14.3 Å². The van der Waals surface area contributed by atoms with E-state index in [0.29, 0.717) is 22.6 Å². The van der Waals surface area contributed by atoms with Crippen molar-refractivity contribution in [2.45, 2.75) is 11.8 Å². The standard InChI is InChI=1S/C16H17N3O6S/c1-11-7-8-13(9-14(11)19(20)21)26(22,23)18-17-10-12-5-4-6-15(24-2)16(12)25-3/h4-10,18H,1-3H3/b17-10-. The maximum Gasteiger partial charge on any atom is 0.276 e. The third-order valence-corrected chi connectivity index (χ3v) is 4.72. The van der Waals surface area contributed by atoms with Crippen molar-refractivity contribution in [3.8, 4) is 11.5 Å². The van der Waals surface area contributed by atoms with Gasteiger partial charge in [0, 0.05) is 17.2 Å². The zero-order chi connectivity index (χ0) is 19.3. The molecule has 10 heteroatoms. The Morgan fingerprint density at radius 1 is 1.19 bits per heavy atom. The number of nitro benzene ring substituents is 1. The van der Waals surface area contributed by atoms with E-state index in [9.17, 15) is 18.5 Å². The number of para-hydroxylation sites is 1. The van der Waals surface area contributed by atoms with Gasteiger partial charge in [0.15, 0.2) is 11.5 Å². The molecular formula is C16H17N3O6S. The molecular weight excluding hydrogens is 362 g/mol. The molecule has 0 radical (unpaired) electrons. The summed E-state index contributed by atoms with van der Waals surface area (Å²) in [5.41, 5.74) is 0.564. The molecule has 0 aliphatic heterocycles. The molecule has 0 aliphatic carbocycles. The van der Waals surface area contributed by atoms with E-state index < -0.39 is 14.9 Å². The number of hydrazone groups is 1. The number of benzene rings is 2. The molecule has 0 saturated carbocycles. The second-order valence-corrected chi connectivity index (χ2v) is 6.80. The molecule has 26 heavy (non-hydrogen) atoms. The molecule has 0 unspecified atom stereocenters. The highest BCUT2D eigenvalue weighted by Crippen LogP contribution is 2.29. The summed E-state index contributed by atoms with van der Waals surface area (Å²) >= 11 is 0. The van der Waals surface area contributed by atoms with Crippen molar-refractivity contribution in [3.05, 3.63) is 57.6 Å².